The van der Waals surface area contributed by atoms with Gasteiger partial charge in [0.1, 0.15) is 11.6 Å². The lowest BCUT2D eigenvalue weighted by Crippen LogP contribution is -2.38. The lowest BCUT2D eigenvalue weighted by atomic mass is 10.0. The molecule has 0 aliphatic carbocycles. The largest absolute Gasteiger partial charge is 0.481 e. The highest BCUT2D eigenvalue weighted by molar-refractivity contribution is 5.81. The van der Waals surface area contributed by atoms with Crippen molar-refractivity contribution in [2.24, 2.45) is 0 Å². The second kappa shape index (κ2) is 7.77. The molecule has 122 valence electrons. The number of carbonyl (C=O) groups excluding carboxylic acids is 1. The van der Waals surface area contributed by atoms with E-state index in [2.05, 4.69) is 5.32 Å². The molecule has 2 aromatic carbocycles. The van der Waals surface area contributed by atoms with Crippen molar-refractivity contribution < 1.29 is 13.9 Å². The molecule has 0 aromatic heterocycles. The number of hydrogen-bond acceptors (Lipinski definition) is 2. The van der Waals surface area contributed by atoms with Crippen molar-refractivity contribution in [2.75, 3.05) is 0 Å². The van der Waals surface area contributed by atoms with Crippen LogP contribution in [0.25, 0.3) is 0 Å². The maximum atomic E-state index is 12.9. The topological polar surface area (TPSA) is 38.3 Å². The van der Waals surface area contributed by atoms with Crippen LogP contribution in [0.5, 0.6) is 5.75 Å². The van der Waals surface area contributed by atoms with Gasteiger partial charge in [-0.05, 0) is 50.1 Å². The Morgan fingerprint density at radius 2 is 1.74 bits per heavy atom. The SMILES string of the molecule is CC[C@@H](NC(=O)[C@H](C)Oc1ccc(F)cc1)c1ccc(C)cc1. The normalized spacial score (nSPS) is 13.2. The van der Waals surface area contributed by atoms with Gasteiger partial charge in [-0.15, -0.1) is 0 Å². The summed E-state index contributed by atoms with van der Waals surface area (Å²) in [7, 11) is 0. The first kappa shape index (κ1) is 17.0. The van der Waals surface area contributed by atoms with Crippen molar-refractivity contribution in [1.29, 1.82) is 0 Å². The zero-order valence-corrected chi connectivity index (χ0v) is 13.7. The molecule has 23 heavy (non-hydrogen) atoms. The highest BCUT2D eigenvalue weighted by atomic mass is 19.1. The van der Waals surface area contributed by atoms with Crippen LogP contribution in [0, 0.1) is 12.7 Å². The van der Waals surface area contributed by atoms with Crippen molar-refractivity contribution in [2.45, 2.75) is 39.3 Å². The van der Waals surface area contributed by atoms with Gasteiger partial charge in [0.2, 0.25) is 0 Å². The average molecular weight is 315 g/mol. The van der Waals surface area contributed by atoms with E-state index >= 15 is 0 Å². The van der Waals surface area contributed by atoms with Gasteiger partial charge in [0, 0.05) is 0 Å². The molecule has 1 N–H and O–H groups in total. The summed E-state index contributed by atoms with van der Waals surface area (Å²) in [6.45, 7) is 5.73. The van der Waals surface area contributed by atoms with Crippen molar-refractivity contribution in [3.8, 4) is 5.75 Å². The highest BCUT2D eigenvalue weighted by Gasteiger charge is 2.19. The molecule has 2 aromatic rings. The molecule has 2 atom stereocenters. The van der Waals surface area contributed by atoms with Gasteiger partial charge in [0.25, 0.3) is 5.91 Å². The van der Waals surface area contributed by atoms with E-state index in [4.69, 9.17) is 4.74 Å². The molecule has 0 aliphatic heterocycles. The number of aryl methyl sites for hydroxylation is 1. The number of ether oxygens (including phenoxy) is 1. The molecule has 0 unspecified atom stereocenters. The number of carbonyl (C=O) groups is 1. The number of rotatable bonds is 6. The quantitative estimate of drug-likeness (QED) is 0.869. The highest BCUT2D eigenvalue weighted by Crippen LogP contribution is 2.18. The van der Waals surface area contributed by atoms with E-state index in [1.54, 1.807) is 6.92 Å². The first-order chi connectivity index (χ1) is 11.0. The molecule has 0 fully saturated rings. The van der Waals surface area contributed by atoms with Crippen LogP contribution in [0.3, 0.4) is 0 Å². The summed E-state index contributed by atoms with van der Waals surface area (Å²) >= 11 is 0. The molecule has 3 nitrogen and oxygen atoms in total. The van der Waals surface area contributed by atoms with Gasteiger partial charge in [-0.3, -0.25) is 4.79 Å². The van der Waals surface area contributed by atoms with Crippen molar-refractivity contribution >= 4 is 5.91 Å². The fourth-order valence-electron chi connectivity index (χ4n) is 2.28. The van der Waals surface area contributed by atoms with Gasteiger partial charge < -0.3 is 10.1 Å². The molecule has 0 spiro atoms. The van der Waals surface area contributed by atoms with E-state index in [1.165, 1.54) is 29.8 Å². The Balaban J connectivity index is 1.98. The monoisotopic (exact) mass is 315 g/mol. The Morgan fingerprint density at radius 3 is 2.30 bits per heavy atom. The fraction of sp³-hybridized carbons (Fsp3) is 0.316. The third-order valence-electron chi connectivity index (χ3n) is 3.70. The summed E-state index contributed by atoms with van der Waals surface area (Å²) in [6.07, 6.45) is 0.137. The first-order valence-electron chi connectivity index (χ1n) is 7.78. The Hall–Kier alpha value is -2.36. The smallest absolute Gasteiger partial charge is 0.261 e. The summed E-state index contributed by atoms with van der Waals surface area (Å²) < 4.78 is 18.4. The Kier molecular flexibility index (Phi) is 5.74. The third-order valence-corrected chi connectivity index (χ3v) is 3.70. The molecule has 0 bridgehead atoms. The molecule has 0 heterocycles. The van der Waals surface area contributed by atoms with Gasteiger partial charge in [-0.2, -0.15) is 0 Å². The van der Waals surface area contributed by atoms with Gasteiger partial charge in [0.05, 0.1) is 6.04 Å². The Labute approximate surface area is 136 Å². The molecule has 0 radical (unpaired) electrons. The van der Waals surface area contributed by atoms with Crippen molar-refractivity contribution in [3.05, 3.63) is 65.5 Å². The predicted molar refractivity (Wildman–Crippen MR) is 88.8 cm³/mol. The maximum Gasteiger partial charge on any atom is 0.261 e. The van der Waals surface area contributed by atoms with E-state index in [1.807, 2.05) is 38.1 Å². The molecular formula is C19H22FNO2. The minimum absolute atomic E-state index is 0.0534. The predicted octanol–water partition coefficient (Wildman–Crippen LogP) is 4.17. The van der Waals surface area contributed by atoms with Crippen LogP contribution in [0.15, 0.2) is 48.5 Å². The van der Waals surface area contributed by atoms with Crippen LogP contribution in [0.4, 0.5) is 4.39 Å². The Morgan fingerprint density at radius 1 is 1.13 bits per heavy atom. The number of halogens is 1. The Bertz CT molecular complexity index is 637. The van der Waals surface area contributed by atoms with E-state index in [0.717, 1.165) is 12.0 Å². The number of hydrogen-bond donors (Lipinski definition) is 1. The van der Waals surface area contributed by atoms with E-state index in [-0.39, 0.29) is 17.8 Å². The summed E-state index contributed by atoms with van der Waals surface area (Å²) in [6, 6.07) is 13.7. The fourth-order valence-corrected chi connectivity index (χ4v) is 2.28. The molecule has 2 rings (SSSR count). The lowest BCUT2D eigenvalue weighted by Gasteiger charge is -2.21. The minimum Gasteiger partial charge on any atom is -0.481 e. The van der Waals surface area contributed by atoms with Gasteiger partial charge in [-0.25, -0.2) is 4.39 Å². The molecular weight excluding hydrogens is 293 g/mol. The summed E-state index contributed by atoms with van der Waals surface area (Å²) in [5, 5.41) is 3.00. The molecule has 4 heteroatoms. The standard InChI is InChI=1S/C19H22FNO2/c1-4-18(15-7-5-13(2)6-8-15)21-19(22)14(3)23-17-11-9-16(20)10-12-17/h5-12,14,18H,4H2,1-3H3,(H,21,22)/t14-,18+/m0/s1. The summed E-state index contributed by atoms with van der Waals surface area (Å²) in [5.41, 5.74) is 2.25. The van der Waals surface area contributed by atoms with Crippen LogP contribution < -0.4 is 10.1 Å². The summed E-state index contributed by atoms with van der Waals surface area (Å²) in [5.74, 6) is -0.0564. The maximum absolute atomic E-state index is 12.9. The van der Waals surface area contributed by atoms with Crippen LogP contribution >= 0.6 is 0 Å². The minimum atomic E-state index is -0.653. The summed E-state index contributed by atoms with van der Waals surface area (Å²) in [4.78, 5) is 12.3. The number of benzene rings is 2. The zero-order valence-electron chi connectivity index (χ0n) is 13.7. The van der Waals surface area contributed by atoms with Crippen LogP contribution in [-0.4, -0.2) is 12.0 Å². The molecule has 0 saturated carbocycles. The van der Waals surface area contributed by atoms with Gasteiger partial charge >= 0.3 is 0 Å². The van der Waals surface area contributed by atoms with Gasteiger partial charge in [-0.1, -0.05) is 36.8 Å². The van der Waals surface area contributed by atoms with Crippen LogP contribution in [-0.2, 0) is 4.79 Å². The van der Waals surface area contributed by atoms with E-state index < -0.39 is 6.10 Å². The van der Waals surface area contributed by atoms with Crippen molar-refractivity contribution in [3.63, 3.8) is 0 Å². The van der Waals surface area contributed by atoms with Gasteiger partial charge in [0.15, 0.2) is 6.10 Å². The van der Waals surface area contributed by atoms with Crippen molar-refractivity contribution in [1.82, 2.24) is 5.32 Å². The molecule has 0 aliphatic rings. The average Bonchev–Trinajstić information content (AvgIpc) is 2.55. The second-order valence-corrected chi connectivity index (χ2v) is 5.59. The lowest BCUT2D eigenvalue weighted by molar-refractivity contribution is -0.128. The third kappa shape index (κ3) is 4.81. The zero-order chi connectivity index (χ0) is 16.8. The van der Waals surface area contributed by atoms with E-state index in [9.17, 15) is 9.18 Å². The number of nitrogens with one attached hydrogen (secondary N) is 1. The number of amides is 1. The van der Waals surface area contributed by atoms with Crippen LogP contribution in [0.1, 0.15) is 37.4 Å². The van der Waals surface area contributed by atoms with Crippen LogP contribution in [0.2, 0.25) is 0 Å². The first-order valence-corrected chi connectivity index (χ1v) is 7.78. The molecule has 1 amide bonds. The molecule has 0 saturated heterocycles. The second-order valence-electron chi connectivity index (χ2n) is 5.59. The van der Waals surface area contributed by atoms with E-state index in [0.29, 0.717) is 5.75 Å².